The van der Waals surface area contributed by atoms with Crippen LogP contribution in [0.15, 0.2) is 78.3 Å². The third-order valence-electron chi connectivity index (χ3n) is 5.88. The van der Waals surface area contributed by atoms with Crippen molar-refractivity contribution in [2.75, 3.05) is 5.32 Å². The van der Waals surface area contributed by atoms with Gasteiger partial charge in [0.05, 0.1) is 5.69 Å². The Bertz CT molecular complexity index is 1180. The normalized spacial score (nSPS) is 11.7. The number of nitrogens with one attached hydrogen (secondary N) is 1. The van der Waals surface area contributed by atoms with Gasteiger partial charge in [-0.15, -0.1) is 0 Å². The molecule has 0 heterocycles. The summed E-state index contributed by atoms with van der Waals surface area (Å²) in [5.74, 6) is 3.06. The molecule has 4 nitrogen and oxygen atoms in total. The number of carbonyl (C=O) groups excluding carboxylic acids is 1. The van der Waals surface area contributed by atoms with Crippen molar-refractivity contribution < 1.29 is 9.53 Å². The second kappa shape index (κ2) is 12.4. The van der Waals surface area contributed by atoms with Crippen molar-refractivity contribution >= 4 is 34.9 Å². The number of benzene rings is 3. The minimum Gasteiger partial charge on any atom is -0.445 e. The standard InChI is InChI=1S/C30H33ClN2O2/c1-6-32-25-12-7-22(8-13-25)17-23-9-14-26(15-10-23)33-30(34)35-29(21(4)5)19-24-11-16-27(20(2)3)28(31)18-24/h7-16,18,20-21,29H,1,17,19H2,2-5H3,(H,33,34). The van der Waals surface area contributed by atoms with Gasteiger partial charge in [0.1, 0.15) is 6.10 Å². The maximum Gasteiger partial charge on any atom is 0.411 e. The van der Waals surface area contributed by atoms with Crippen LogP contribution in [0.2, 0.25) is 5.02 Å². The number of halogens is 1. The van der Waals surface area contributed by atoms with Gasteiger partial charge in [0.25, 0.3) is 0 Å². The van der Waals surface area contributed by atoms with Gasteiger partial charge >= 0.3 is 6.09 Å². The van der Waals surface area contributed by atoms with Crippen molar-refractivity contribution in [3.8, 4) is 0 Å². The first-order chi connectivity index (χ1) is 16.7. The zero-order valence-corrected chi connectivity index (χ0v) is 21.6. The van der Waals surface area contributed by atoms with E-state index in [4.69, 9.17) is 16.3 Å². The molecule has 0 aliphatic rings. The fourth-order valence-electron chi connectivity index (χ4n) is 3.82. The van der Waals surface area contributed by atoms with Gasteiger partial charge < -0.3 is 4.74 Å². The summed E-state index contributed by atoms with van der Waals surface area (Å²) in [5, 5.41) is 3.60. The molecule has 0 bridgehead atoms. The van der Waals surface area contributed by atoms with Crippen molar-refractivity contribution in [1.29, 1.82) is 0 Å². The number of hydrogen-bond donors (Lipinski definition) is 1. The summed E-state index contributed by atoms with van der Waals surface area (Å²) >= 11 is 6.45. The van der Waals surface area contributed by atoms with E-state index in [1.807, 2.05) is 68.4 Å². The molecule has 1 N–H and O–H groups in total. The predicted octanol–water partition coefficient (Wildman–Crippen LogP) is 8.36. The lowest BCUT2D eigenvalue weighted by Gasteiger charge is -2.22. The summed E-state index contributed by atoms with van der Waals surface area (Å²) in [6, 6.07) is 21.9. The highest BCUT2D eigenvalue weighted by Gasteiger charge is 2.20. The third-order valence-corrected chi connectivity index (χ3v) is 6.21. The van der Waals surface area contributed by atoms with E-state index >= 15 is 0 Å². The molecule has 3 aromatic carbocycles. The number of rotatable bonds is 9. The monoisotopic (exact) mass is 488 g/mol. The quantitative estimate of drug-likeness (QED) is 0.307. The summed E-state index contributed by atoms with van der Waals surface area (Å²) in [7, 11) is 0. The summed E-state index contributed by atoms with van der Waals surface area (Å²) in [5.41, 5.74) is 6.02. The van der Waals surface area contributed by atoms with Gasteiger partial charge in [0, 0.05) is 17.1 Å². The third kappa shape index (κ3) is 7.85. The highest BCUT2D eigenvalue weighted by atomic mass is 35.5. The molecular formula is C30H33ClN2O2. The number of aliphatic imine (C=N–C) groups is 1. The molecule has 1 atom stereocenters. The summed E-state index contributed by atoms with van der Waals surface area (Å²) in [4.78, 5) is 16.7. The van der Waals surface area contributed by atoms with E-state index in [1.54, 1.807) is 0 Å². The predicted molar refractivity (Wildman–Crippen MR) is 146 cm³/mol. The minimum atomic E-state index is -0.459. The first kappa shape index (κ1) is 26.3. The first-order valence-corrected chi connectivity index (χ1v) is 12.3. The molecule has 0 fully saturated rings. The smallest absolute Gasteiger partial charge is 0.411 e. The Hall–Kier alpha value is -3.33. The van der Waals surface area contributed by atoms with E-state index in [1.165, 1.54) is 5.56 Å². The van der Waals surface area contributed by atoms with E-state index in [0.29, 0.717) is 18.0 Å². The molecule has 1 unspecified atom stereocenters. The van der Waals surface area contributed by atoms with Crippen LogP contribution in [0.5, 0.6) is 0 Å². The molecule has 0 saturated carbocycles. The molecule has 0 spiro atoms. The number of nitrogens with zero attached hydrogens (tertiary/aromatic N) is 1. The zero-order valence-electron chi connectivity index (χ0n) is 20.8. The summed E-state index contributed by atoms with van der Waals surface area (Å²) in [6.45, 7) is 11.8. The molecule has 0 aliphatic heterocycles. The minimum absolute atomic E-state index is 0.162. The van der Waals surface area contributed by atoms with Gasteiger partial charge in [-0.25, -0.2) is 9.79 Å². The number of ether oxygens (including phenoxy) is 1. The van der Waals surface area contributed by atoms with Crippen LogP contribution >= 0.6 is 11.6 Å². The molecule has 3 rings (SSSR count). The summed E-state index contributed by atoms with van der Waals surface area (Å²) in [6.07, 6.45) is 0.679. The molecule has 182 valence electrons. The Morgan fingerprint density at radius 2 is 1.57 bits per heavy atom. The number of carbonyl (C=O) groups is 1. The van der Waals surface area contributed by atoms with Crippen molar-refractivity contribution in [2.45, 2.75) is 52.6 Å². The van der Waals surface area contributed by atoms with Crippen LogP contribution in [0.3, 0.4) is 0 Å². The lowest BCUT2D eigenvalue weighted by atomic mass is 9.96. The van der Waals surface area contributed by atoms with Crippen molar-refractivity contribution in [3.05, 3.63) is 101 Å². The zero-order chi connectivity index (χ0) is 25.4. The highest BCUT2D eigenvalue weighted by molar-refractivity contribution is 6.31. The topological polar surface area (TPSA) is 50.7 Å². The fraction of sp³-hybridized carbons (Fsp3) is 0.300. The fourth-order valence-corrected chi connectivity index (χ4v) is 4.24. The van der Waals surface area contributed by atoms with Crippen LogP contribution in [0.1, 0.15) is 55.9 Å². The van der Waals surface area contributed by atoms with E-state index in [9.17, 15) is 4.79 Å². The Labute approximate surface area is 213 Å². The Morgan fingerprint density at radius 3 is 2.11 bits per heavy atom. The summed E-state index contributed by atoms with van der Waals surface area (Å²) < 4.78 is 5.78. The van der Waals surface area contributed by atoms with Gasteiger partial charge in [-0.05, 0) is 83.3 Å². The molecule has 3 aromatic rings. The van der Waals surface area contributed by atoms with Gasteiger partial charge in [-0.2, -0.15) is 0 Å². The van der Waals surface area contributed by atoms with Gasteiger partial charge in [0.2, 0.25) is 0 Å². The van der Waals surface area contributed by atoms with E-state index in [-0.39, 0.29) is 12.0 Å². The molecule has 0 aliphatic carbocycles. The van der Waals surface area contributed by atoms with Crippen LogP contribution in [-0.4, -0.2) is 18.1 Å². The Kier molecular flexibility index (Phi) is 9.31. The van der Waals surface area contributed by atoms with Crippen molar-refractivity contribution in [3.63, 3.8) is 0 Å². The first-order valence-electron chi connectivity index (χ1n) is 11.9. The number of hydrogen-bond acceptors (Lipinski definition) is 3. The second-order valence-corrected chi connectivity index (χ2v) is 9.74. The van der Waals surface area contributed by atoms with Gasteiger partial charge in [-0.3, -0.25) is 5.32 Å². The number of amides is 1. The highest BCUT2D eigenvalue weighted by Crippen LogP contribution is 2.27. The molecule has 35 heavy (non-hydrogen) atoms. The second-order valence-electron chi connectivity index (χ2n) is 9.34. The maximum atomic E-state index is 12.6. The van der Waals surface area contributed by atoms with Crippen LogP contribution in [0, 0.1) is 5.92 Å². The molecule has 5 heteroatoms. The van der Waals surface area contributed by atoms with E-state index in [2.05, 4.69) is 48.7 Å². The average molecular weight is 489 g/mol. The van der Waals surface area contributed by atoms with E-state index < -0.39 is 6.09 Å². The molecule has 1 amide bonds. The molecule has 0 radical (unpaired) electrons. The van der Waals surface area contributed by atoms with Crippen molar-refractivity contribution in [1.82, 2.24) is 0 Å². The van der Waals surface area contributed by atoms with Crippen LogP contribution < -0.4 is 5.32 Å². The largest absolute Gasteiger partial charge is 0.445 e. The van der Waals surface area contributed by atoms with Crippen LogP contribution in [0.25, 0.3) is 0 Å². The molecule has 0 saturated heterocycles. The molecular weight excluding hydrogens is 456 g/mol. The lowest BCUT2D eigenvalue weighted by molar-refractivity contribution is 0.0824. The van der Waals surface area contributed by atoms with Gasteiger partial charge in [-0.1, -0.05) is 75.7 Å². The van der Waals surface area contributed by atoms with Gasteiger partial charge in [0.15, 0.2) is 0 Å². The lowest BCUT2D eigenvalue weighted by Crippen LogP contribution is -2.28. The maximum absolute atomic E-state index is 12.6. The van der Waals surface area contributed by atoms with Crippen LogP contribution in [0.4, 0.5) is 16.2 Å². The average Bonchev–Trinajstić information content (AvgIpc) is 2.81. The number of anilines is 1. The van der Waals surface area contributed by atoms with Crippen LogP contribution in [-0.2, 0) is 17.6 Å². The Balaban J connectivity index is 1.57. The molecule has 0 aromatic heterocycles. The van der Waals surface area contributed by atoms with E-state index in [0.717, 1.165) is 33.8 Å². The SMILES string of the molecule is C=C=Nc1ccc(Cc2ccc(NC(=O)OC(Cc3ccc(C(C)C)c(Cl)c3)C(C)C)cc2)cc1. The van der Waals surface area contributed by atoms with Crippen molar-refractivity contribution in [2.24, 2.45) is 10.9 Å². The Morgan fingerprint density at radius 1 is 0.971 bits per heavy atom.